The summed E-state index contributed by atoms with van der Waals surface area (Å²) in [5.41, 5.74) is 0. The quantitative estimate of drug-likeness (QED) is 0.516. The molecule has 4 heteroatoms. The van der Waals surface area contributed by atoms with E-state index in [2.05, 4.69) is 16.7 Å². The van der Waals surface area contributed by atoms with Crippen molar-refractivity contribution in [1.29, 1.82) is 0 Å². The van der Waals surface area contributed by atoms with Crippen LogP contribution in [0.4, 0.5) is 0 Å². The Morgan fingerprint density at radius 3 is 1.95 bits per heavy atom. The molecule has 4 nitrogen and oxygen atoms in total. The summed E-state index contributed by atoms with van der Waals surface area (Å²) in [4.78, 5) is 27.5. The lowest BCUT2D eigenvalue weighted by atomic mass is 10.1. The van der Waals surface area contributed by atoms with Gasteiger partial charge in [0.15, 0.2) is 0 Å². The van der Waals surface area contributed by atoms with E-state index in [1.165, 1.54) is 19.3 Å². The van der Waals surface area contributed by atoms with Gasteiger partial charge in [0.2, 0.25) is 0 Å². The molecule has 0 spiro atoms. The minimum Gasteiger partial charge on any atom is -0.300 e. The molecule has 0 unspecified atom stereocenters. The van der Waals surface area contributed by atoms with Crippen molar-refractivity contribution >= 4 is 11.6 Å². The van der Waals surface area contributed by atoms with Crippen LogP contribution in [0.15, 0.2) is 0 Å². The third kappa shape index (κ3) is 7.15. The SMILES string of the molecule is CCCCCCC(=O)CCN1CN(CCC(=O)CC)C1. The number of carbonyl (C=O) groups excluding carboxylic acids is 2. The van der Waals surface area contributed by atoms with E-state index in [1.807, 2.05) is 6.92 Å². The van der Waals surface area contributed by atoms with E-state index in [-0.39, 0.29) is 0 Å². The van der Waals surface area contributed by atoms with E-state index >= 15 is 0 Å². The van der Waals surface area contributed by atoms with Gasteiger partial charge in [-0.3, -0.25) is 19.4 Å². The van der Waals surface area contributed by atoms with Crippen molar-refractivity contribution in [3.63, 3.8) is 0 Å². The summed E-state index contributed by atoms with van der Waals surface area (Å²) in [5.74, 6) is 0.742. The Hall–Kier alpha value is -0.740. The fourth-order valence-electron chi connectivity index (χ4n) is 2.42. The van der Waals surface area contributed by atoms with Crippen molar-refractivity contribution in [2.45, 2.75) is 65.2 Å². The lowest BCUT2D eigenvalue weighted by Crippen LogP contribution is -2.55. The highest BCUT2D eigenvalue weighted by Crippen LogP contribution is 2.11. The van der Waals surface area contributed by atoms with E-state index in [1.54, 1.807) is 0 Å². The van der Waals surface area contributed by atoms with Crippen LogP contribution < -0.4 is 0 Å². The van der Waals surface area contributed by atoms with E-state index < -0.39 is 0 Å². The summed E-state index contributed by atoms with van der Waals surface area (Å²) < 4.78 is 0. The van der Waals surface area contributed by atoms with Crippen molar-refractivity contribution in [3.8, 4) is 0 Å². The van der Waals surface area contributed by atoms with Gasteiger partial charge in [-0.1, -0.05) is 33.1 Å². The molecule has 0 aromatic rings. The van der Waals surface area contributed by atoms with Gasteiger partial charge in [-0.2, -0.15) is 0 Å². The summed E-state index contributed by atoms with van der Waals surface area (Å²) in [7, 11) is 0. The van der Waals surface area contributed by atoms with Crippen LogP contribution in [0.2, 0.25) is 0 Å². The molecule has 0 aromatic carbocycles. The maximum atomic E-state index is 11.7. The second kappa shape index (κ2) is 10.1. The summed E-state index contributed by atoms with van der Waals surface area (Å²) >= 11 is 0. The summed E-state index contributed by atoms with van der Waals surface area (Å²) in [5, 5.41) is 0. The van der Waals surface area contributed by atoms with E-state index in [0.717, 1.165) is 39.3 Å². The highest BCUT2D eigenvalue weighted by molar-refractivity contribution is 5.78. The molecule has 1 saturated heterocycles. The summed E-state index contributed by atoms with van der Waals surface area (Å²) in [6, 6.07) is 0. The zero-order valence-electron chi connectivity index (χ0n) is 13.2. The minimum absolute atomic E-state index is 0.339. The fraction of sp³-hybridized carbons (Fsp3) is 0.875. The summed E-state index contributed by atoms with van der Waals surface area (Å²) in [6.45, 7) is 7.68. The van der Waals surface area contributed by atoms with Crippen molar-refractivity contribution in [2.24, 2.45) is 0 Å². The van der Waals surface area contributed by atoms with Gasteiger partial charge in [0.1, 0.15) is 11.6 Å². The zero-order valence-corrected chi connectivity index (χ0v) is 13.2. The lowest BCUT2D eigenvalue weighted by molar-refractivity contribution is -0.121. The first kappa shape index (κ1) is 17.3. The number of carbonyl (C=O) groups is 2. The molecule has 0 saturated carbocycles. The molecule has 116 valence electrons. The third-order valence-electron chi connectivity index (χ3n) is 3.92. The second-order valence-electron chi connectivity index (χ2n) is 5.81. The number of hydrogen-bond acceptors (Lipinski definition) is 4. The molecule has 0 radical (unpaired) electrons. The predicted octanol–water partition coefficient (Wildman–Crippen LogP) is 2.82. The lowest BCUT2D eigenvalue weighted by Gasteiger charge is -2.42. The van der Waals surface area contributed by atoms with Gasteiger partial charge in [0, 0.05) is 38.8 Å². The molecule has 1 aliphatic rings. The highest BCUT2D eigenvalue weighted by Gasteiger charge is 2.23. The smallest absolute Gasteiger partial charge is 0.134 e. The standard InChI is InChI=1S/C16H30N2O2/c1-3-5-6-7-8-16(20)10-12-18-13-17(14-18)11-9-15(19)4-2/h3-14H2,1-2H3. The first-order valence-corrected chi connectivity index (χ1v) is 8.13. The first-order chi connectivity index (χ1) is 9.65. The second-order valence-corrected chi connectivity index (χ2v) is 5.81. The molecular weight excluding hydrogens is 252 g/mol. The largest absolute Gasteiger partial charge is 0.300 e. The van der Waals surface area contributed by atoms with Gasteiger partial charge in [0.05, 0.1) is 13.3 Å². The Labute approximate surface area is 123 Å². The number of hydrogen-bond donors (Lipinski definition) is 0. The van der Waals surface area contributed by atoms with Gasteiger partial charge in [-0.05, 0) is 6.42 Å². The zero-order chi connectivity index (χ0) is 14.8. The van der Waals surface area contributed by atoms with E-state index in [9.17, 15) is 9.59 Å². The van der Waals surface area contributed by atoms with Gasteiger partial charge in [-0.15, -0.1) is 0 Å². The molecule has 1 heterocycles. The van der Waals surface area contributed by atoms with Crippen molar-refractivity contribution in [3.05, 3.63) is 0 Å². The van der Waals surface area contributed by atoms with Crippen LogP contribution in [0.25, 0.3) is 0 Å². The van der Waals surface area contributed by atoms with Crippen molar-refractivity contribution in [2.75, 3.05) is 26.4 Å². The molecule has 1 aliphatic heterocycles. The predicted molar refractivity (Wildman–Crippen MR) is 81.4 cm³/mol. The number of ketones is 2. The van der Waals surface area contributed by atoms with Crippen LogP contribution in [-0.4, -0.2) is 47.8 Å². The van der Waals surface area contributed by atoms with Crippen LogP contribution in [0.3, 0.4) is 0 Å². The highest BCUT2D eigenvalue weighted by atomic mass is 16.1. The fourth-order valence-corrected chi connectivity index (χ4v) is 2.42. The van der Waals surface area contributed by atoms with Gasteiger partial charge >= 0.3 is 0 Å². The molecule has 0 N–H and O–H groups in total. The Balaban J connectivity index is 1.94. The molecule has 0 amide bonds. The van der Waals surface area contributed by atoms with Crippen LogP contribution in [0.1, 0.15) is 65.2 Å². The van der Waals surface area contributed by atoms with Crippen LogP contribution in [-0.2, 0) is 9.59 Å². The Morgan fingerprint density at radius 1 is 0.800 bits per heavy atom. The number of unbranched alkanes of at least 4 members (excludes halogenated alkanes) is 3. The first-order valence-electron chi connectivity index (χ1n) is 8.13. The van der Waals surface area contributed by atoms with Gasteiger partial charge in [0.25, 0.3) is 0 Å². The Kier molecular flexibility index (Phi) is 8.70. The topological polar surface area (TPSA) is 40.6 Å². The van der Waals surface area contributed by atoms with Gasteiger partial charge < -0.3 is 0 Å². The average Bonchev–Trinajstić information content (AvgIpc) is 2.41. The van der Waals surface area contributed by atoms with Gasteiger partial charge in [-0.25, -0.2) is 0 Å². The maximum Gasteiger partial charge on any atom is 0.134 e. The molecule has 0 aliphatic carbocycles. The normalized spacial score (nSPS) is 16.1. The van der Waals surface area contributed by atoms with E-state index in [4.69, 9.17) is 0 Å². The van der Waals surface area contributed by atoms with Crippen LogP contribution in [0, 0.1) is 0 Å². The Morgan fingerprint density at radius 2 is 1.40 bits per heavy atom. The molecule has 0 atom stereocenters. The third-order valence-corrected chi connectivity index (χ3v) is 3.92. The number of Topliss-reactive ketones (excluding diaryl/α,β-unsaturated/α-hetero) is 2. The molecular formula is C16H30N2O2. The molecule has 1 fully saturated rings. The molecule has 20 heavy (non-hydrogen) atoms. The van der Waals surface area contributed by atoms with Crippen LogP contribution in [0.5, 0.6) is 0 Å². The molecule has 1 rings (SSSR count). The molecule has 0 aromatic heterocycles. The van der Waals surface area contributed by atoms with E-state index in [0.29, 0.717) is 30.8 Å². The summed E-state index contributed by atoms with van der Waals surface area (Å²) in [6.07, 6.45) is 7.45. The van der Waals surface area contributed by atoms with Crippen LogP contribution >= 0.6 is 0 Å². The average molecular weight is 282 g/mol. The minimum atomic E-state index is 0.339. The van der Waals surface area contributed by atoms with Crippen molar-refractivity contribution < 1.29 is 9.59 Å². The van der Waals surface area contributed by atoms with Crippen molar-refractivity contribution in [1.82, 2.24) is 9.80 Å². The Bertz CT molecular complexity index is 299. The monoisotopic (exact) mass is 282 g/mol. The number of nitrogens with zero attached hydrogens (tertiary/aromatic N) is 2. The molecule has 0 bridgehead atoms. The number of rotatable bonds is 12. The maximum absolute atomic E-state index is 11.7.